The van der Waals surface area contributed by atoms with Gasteiger partial charge in [-0.05, 0) is 53.0 Å². The number of halogens is 1. The summed E-state index contributed by atoms with van der Waals surface area (Å²) in [6.45, 7) is 1.93. The van der Waals surface area contributed by atoms with Crippen molar-refractivity contribution >= 4 is 38.3 Å². The van der Waals surface area contributed by atoms with Crippen molar-refractivity contribution in [3.8, 4) is 0 Å². The smallest absolute Gasteiger partial charge is 0.160 e. The predicted octanol–water partition coefficient (Wildman–Crippen LogP) is 3.82. The Labute approximate surface area is 159 Å². The topological polar surface area (TPSA) is 59.2 Å². The van der Waals surface area contributed by atoms with Crippen molar-refractivity contribution in [2.75, 3.05) is 18.0 Å². The molecule has 0 radical (unpaired) electrons. The van der Waals surface area contributed by atoms with Crippen molar-refractivity contribution in [3.63, 3.8) is 0 Å². The number of pyridine rings is 3. The molecule has 0 bridgehead atoms. The second-order valence-electron chi connectivity index (χ2n) is 6.62. The highest BCUT2D eigenvalue weighted by Gasteiger charge is 2.26. The van der Waals surface area contributed by atoms with Crippen LogP contribution in [0.25, 0.3) is 16.7 Å². The first-order valence-corrected chi connectivity index (χ1v) is 9.54. The van der Waals surface area contributed by atoms with Crippen LogP contribution in [-0.4, -0.2) is 37.7 Å². The van der Waals surface area contributed by atoms with Crippen LogP contribution < -0.4 is 4.90 Å². The van der Waals surface area contributed by atoms with E-state index in [0.717, 1.165) is 58.6 Å². The van der Waals surface area contributed by atoms with Gasteiger partial charge in [0, 0.05) is 42.1 Å². The summed E-state index contributed by atoms with van der Waals surface area (Å²) in [5.41, 5.74) is 3.90. The molecular weight excluding hydrogens is 392 g/mol. The van der Waals surface area contributed by atoms with E-state index in [1.807, 2.05) is 42.9 Å². The van der Waals surface area contributed by atoms with E-state index in [1.165, 1.54) is 0 Å². The first-order chi connectivity index (χ1) is 12.8. The molecule has 1 atom stereocenters. The Morgan fingerprint density at radius 3 is 3.04 bits per heavy atom. The van der Waals surface area contributed by atoms with Gasteiger partial charge in [-0.15, -0.1) is 10.2 Å². The molecule has 0 spiro atoms. The third-order valence-electron chi connectivity index (χ3n) is 4.99. The van der Waals surface area contributed by atoms with Crippen molar-refractivity contribution in [3.05, 3.63) is 59.2 Å². The highest BCUT2D eigenvalue weighted by molar-refractivity contribution is 9.10. The highest BCUT2D eigenvalue weighted by Crippen LogP contribution is 2.32. The van der Waals surface area contributed by atoms with Gasteiger partial charge in [0.15, 0.2) is 5.65 Å². The van der Waals surface area contributed by atoms with E-state index in [1.54, 1.807) is 0 Å². The van der Waals surface area contributed by atoms with Crippen molar-refractivity contribution in [1.82, 2.24) is 24.6 Å². The lowest BCUT2D eigenvalue weighted by Crippen LogP contribution is -2.35. The molecule has 130 valence electrons. The Kier molecular flexibility index (Phi) is 3.81. The standard InChI is InChI=1S/C19H17BrN6/c20-14-10-15-18(22-11-14)16(6-7-21-15)25-8-3-4-13(12-25)19-24-23-17-5-1-2-9-26(17)19/h1-2,5-7,9-11,13H,3-4,8,12H2. The lowest BCUT2D eigenvalue weighted by molar-refractivity contribution is 0.489. The summed E-state index contributed by atoms with van der Waals surface area (Å²) in [7, 11) is 0. The molecule has 7 heteroatoms. The van der Waals surface area contributed by atoms with Crippen LogP contribution >= 0.6 is 15.9 Å². The maximum absolute atomic E-state index is 4.61. The van der Waals surface area contributed by atoms with Crippen molar-refractivity contribution in [1.29, 1.82) is 0 Å². The van der Waals surface area contributed by atoms with Gasteiger partial charge in [0.05, 0.1) is 11.2 Å². The van der Waals surface area contributed by atoms with Crippen molar-refractivity contribution in [2.24, 2.45) is 0 Å². The number of nitrogens with zero attached hydrogens (tertiary/aromatic N) is 6. The Morgan fingerprint density at radius 2 is 2.08 bits per heavy atom. The molecular formula is C19H17BrN6. The van der Waals surface area contributed by atoms with Gasteiger partial charge in [-0.1, -0.05) is 6.07 Å². The average Bonchev–Trinajstić information content (AvgIpc) is 3.11. The molecule has 0 aromatic carbocycles. The van der Waals surface area contributed by atoms with E-state index < -0.39 is 0 Å². The Morgan fingerprint density at radius 1 is 1.12 bits per heavy atom. The minimum absolute atomic E-state index is 0.347. The molecule has 5 heterocycles. The van der Waals surface area contributed by atoms with Crippen LogP contribution in [0.15, 0.2) is 53.4 Å². The molecule has 1 saturated heterocycles. The van der Waals surface area contributed by atoms with E-state index in [9.17, 15) is 0 Å². The van der Waals surface area contributed by atoms with Gasteiger partial charge in [-0.25, -0.2) is 0 Å². The van der Waals surface area contributed by atoms with Crippen LogP contribution in [0.2, 0.25) is 0 Å². The number of hydrogen-bond donors (Lipinski definition) is 0. The second kappa shape index (κ2) is 6.32. The highest BCUT2D eigenvalue weighted by atomic mass is 79.9. The van der Waals surface area contributed by atoms with Crippen LogP contribution in [-0.2, 0) is 0 Å². The quantitative estimate of drug-likeness (QED) is 0.504. The van der Waals surface area contributed by atoms with Gasteiger partial charge in [0.25, 0.3) is 0 Å². The molecule has 0 N–H and O–H groups in total. The number of aromatic nitrogens is 5. The first kappa shape index (κ1) is 15.7. The van der Waals surface area contributed by atoms with E-state index in [0.29, 0.717) is 5.92 Å². The number of hydrogen-bond acceptors (Lipinski definition) is 5. The minimum atomic E-state index is 0.347. The predicted molar refractivity (Wildman–Crippen MR) is 104 cm³/mol. The first-order valence-electron chi connectivity index (χ1n) is 8.74. The lowest BCUT2D eigenvalue weighted by Gasteiger charge is -2.34. The molecule has 0 amide bonds. The Bertz CT molecular complexity index is 1090. The van der Waals surface area contributed by atoms with Gasteiger partial charge in [0.2, 0.25) is 0 Å². The molecule has 0 aliphatic carbocycles. The molecule has 1 fully saturated rings. The monoisotopic (exact) mass is 408 g/mol. The van der Waals surface area contributed by atoms with Crippen LogP contribution in [0.5, 0.6) is 0 Å². The summed E-state index contributed by atoms with van der Waals surface area (Å²) in [4.78, 5) is 11.5. The molecule has 1 aliphatic rings. The zero-order chi connectivity index (χ0) is 17.5. The van der Waals surface area contributed by atoms with Gasteiger partial charge >= 0.3 is 0 Å². The molecule has 1 unspecified atom stereocenters. The second-order valence-corrected chi connectivity index (χ2v) is 7.54. The fourth-order valence-electron chi connectivity index (χ4n) is 3.79. The Hall–Kier alpha value is -2.54. The molecule has 0 saturated carbocycles. The average molecular weight is 409 g/mol. The molecule has 1 aliphatic heterocycles. The Balaban J connectivity index is 1.52. The zero-order valence-corrected chi connectivity index (χ0v) is 15.7. The molecule has 5 rings (SSSR count). The molecule has 4 aromatic rings. The van der Waals surface area contributed by atoms with Crippen LogP contribution in [0.3, 0.4) is 0 Å². The normalized spacial score (nSPS) is 17.9. The van der Waals surface area contributed by atoms with Crippen LogP contribution in [0.1, 0.15) is 24.6 Å². The van der Waals surface area contributed by atoms with Crippen LogP contribution in [0, 0.1) is 0 Å². The molecule has 26 heavy (non-hydrogen) atoms. The number of rotatable bonds is 2. The lowest BCUT2D eigenvalue weighted by atomic mass is 9.96. The van der Waals surface area contributed by atoms with E-state index in [4.69, 9.17) is 0 Å². The van der Waals surface area contributed by atoms with Gasteiger partial charge in [-0.2, -0.15) is 0 Å². The largest absolute Gasteiger partial charge is 0.369 e. The summed E-state index contributed by atoms with van der Waals surface area (Å²) in [6.07, 6.45) is 7.98. The number of fused-ring (bicyclic) bond motifs is 2. The van der Waals surface area contributed by atoms with Crippen LogP contribution in [0.4, 0.5) is 5.69 Å². The summed E-state index contributed by atoms with van der Waals surface area (Å²) < 4.78 is 3.05. The number of anilines is 1. The summed E-state index contributed by atoms with van der Waals surface area (Å²) in [5.74, 6) is 1.39. The molecule has 4 aromatic heterocycles. The summed E-state index contributed by atoms with van der Waals surface area (Å²) in [6, 6.07) is 10.1. The third-order valence-corrected chi connectivity index (χ3v) is 5.42. The van der Waals surface area contributed by atoms with Gasteiger partial charge in [0.1, 0.15) is 11.3 Å². The van der Waals surface area contributed by atoms with E-state index in [2.05, 4.69) is 51.5 Å². The fraction of sp³-hybridized carbons (Fsp3) is 0.263. The SMILES string of the molecule is Brc1cnc2c(N3CCCC(c4nnc5ccccn45)C3)ccnc2c1. The maximum atomic E-state index is 4.61. The third kappa shape index (κ3) is 2.63. The summed E-state index contributed by atoms with van der Waals surface area (Å²) in [5, 5.41) is 8.79. The number of piperidine rings is 1. The van der Waals surface area contributed by atoms with Gasteiger partial charge < -0.3 is 4.90 Å². The van der Waals surface area contributed by atoms with Gasteiger partial charge in [-0.3, -0.25) is 14.4 Å². The van der Waals surface area contributed by atoms with Crippen molar-refractivity contribution in [2.45, 2.75) is 18.8 Å². The summed E-state index contributed by atoms with van der Waals surface area (Å²) >= 11 is 3.48. The zero-order valence-electron chi connectivity index (χ0n) is 14.1. The van der Waals surface area contributed by atoms with E-state index >= 15 is 0 Å². The van der Waals surface area contributed by atoms with Crippen molar-refractivity contribution < 1.29 is 0 Å². The van der Waals surface area contributed by atoms with E-state index in [-0.39, 0.29) is 0 Å². The fourth-order valence-corrected chi connectivity index (χ4v) is 4.11. The maximum Gasteiger partial charge on any atom is 0.160 e. The molecule has 6 nitrogen and oxygen atoms in total. The minimum Gasteiger partial charge on any atom is -0.369 e.